The highest BCUT2D eigenvalue weighted by Gasteiger charge is 2.26. The number of rotatable bonds is 13. The predicted molar refractivity (Wildman–Crippen MR) is 96.4 cm³/mol. The Hall–Kier alpha value is -0.990. The number of unbranched alkanes of at least 4 members (excludes halogenated alkanes) is 9. The number of benzene rings is 1. The van der Waals surface area contributed by atoms with E-state index in [0.29, 0.717) is 0 Å². The SMILES string of the molecule is CCCCCCCCCCCCc1ccccc1CCC(F)(F)F. The lowest BCUT2D eigenvalue weighted by molar-refractivity contribution is -0.134. The first-order valence-corrected chi connectivity index (χ1v) is 9.66. The van der Waals surface area contributed by atoms with Crippen LogP contribution in [0.4, 0.5) is 13.2 Å². The third kappa shape index (κ3) is 10.7. The molecular weight excluding hydrogens is 309 g/mol. The average molecular weight is 342 g/mol. The van der Waals surface area contributed by atoms with Crippen molar-refractivity contribution in [3.05, 3.63) is 35.4 Å². The van der Waals surface area contributed by atoms with Crippen LogP contribution < -0.4 is 0 Å². The Morgan fingerprint density at radius 3 is 1.62 bits per heavy atom. The second kappa shape index (κ2) is 12.4. The molecule has 0 N–H and O–H groups in total. The molecule has 0 atom stereocenters. The number of hydrogen-bond donors (Lipinski definition) is 0. The Kier molecular flexibility index (Phi) is 10.9. The summed E-state index contributed by atoms with van der Waals surface area (Å²) in [5.41, 5.74) is 1.96. The van der Waals surface area contributed by atoms with Gasteiger partial charge in [-0.05, 0) is 30.4 Å². The first-order chi connectivity index (χ1) is 11.5. The maximum Gasteiger partial charge on any atom is 0.389 e. The maximum atomic E-state index is 12.4. The van der Waals surface area contributed by atoms with Gasteiger partial charge in [-0.3, -0.25) is 0 Å². The highest BCUT2D eigenvalue weighted by molar-refractivity contribution is 5.27. The number of alkyl halides is 3. The van der Waals surface area contributed by atoms with Crippen LogP contribution >= 0.6 is 0 Å². The smallest absolute Gasteiger partial charge is 0.171 e. The van der Waals surface area contributed by atoms with E-state index in [4.69, 9.17) is 0 Å². The van der Waals surface area contributed by atoms with Crippen LogP contribution in [-0.2, 0) is 12.8 Å². The molecule has 0 bridgehead atoms. The molecule has 24 heavy (non-hydrogen) atoms. The van der Waals surface area contributed by atoms with Crippen molar-refractivity contribution < 1.29 is 13.2 Å². The minimum Gasteiger partial charge on any atom is -0.171 e. The largest absolute Gasteiger partial charge is 0.389 e. The van der Waals surface area contributed by atoms with Gasteiger partial charge in [0.1, 0.15) is 0 Å². The van der Waals surface area contributed by atoms with Gasteiger partial charge in [0.15, 0.2) is 0 Å². The first kappa shape index (κ1) is 21.1. The zero-order chi connectivity index (χ0) is 17.7. The van der Waals surface area contributed by atoms with Crippen LogP contribution in [0.3, 0.4) is 0 Å². The van der Waals surface area contributed by atoms with Crippen molar-refractivity contribution in [2.75, 3.05) is 0 Å². The molecule has 0 radical (unpaired) electrons. The summed E-state index contributed by atoms with van der Waals surface area (Å²) in [6, 6.07) is 7.60. The Morgan fingerprint density at radius 2 is 1.12 bits per heavy atom. The highest BCUT2D eigenvalue weighted by Crippen LogP contribution is 2.24. The van der Waals surface area contributed by atoms with E-state index < -0.39 is 12.6 Å². The third-order valence-electron chi connectivity index (χ3n) is 4.60. The number of hydrogen-bond acceptors (Lipinski definition) is 0. The van der Waals surface area contributed by atoms with Crippen molar-refractivity contribution >= 4 is 0 Å². The summed E-state index contributed by atoms with van der Waals surface area (Å²) in [4.78, 5) is 0. The summed E-state index contributed by atoms with van der Waals surface area (Å²) in [6.07, 6.45) is 9.09. The molecule has 0 unspecified atom stereocenters. The fourth-order valence-corrected chi connectivity index (χ4v) is 3.12. The van der Waals surface area contributed by atoms with Gasteiger partial charge in [-0.2, -0.15) is 13.2 Å². The van der Waals surface area contributed by atoms with Crippen LogP contribution in [-0.4, -0.2) is 6.18 Å². The molecule has 1 aromatic rings. The first-order valence-electron chi connectivity index (χ1n) is 9.66. The van der Waals surface area contributed by atoms with Gasteiger partial charge >= 0.3 is 6.18 Å². The van der Waals surface area contributed by atoms with Gasteiger partial charge in [-0.25, -0.2) is 0 Å². The lowest BCUT2D eigenvalue weighted by Crippen LogP contribution is -2.09. The van der Waals surface area contributed by atoms with Crippen LogP contribution in [0.2, 0.25) is 0 Å². The zero-order valence-corrected chi connectivity index (χ0v) is 15.1. The Labute approximate surface area is 145 Å². The molecule has 3 heteroatoms. The van der Waals surface area contributed by atoms with E-state index in [2.05, 4.69) is 6.92 Å². The van der Waals surface area contributed by atoms with E-state index in [9.17, 15) is 13.2 Å². The van der Waals surface area contributed by atoms with E-state index in [-0.39, 0.29) is 6.42 Å². The molecule has 1 aromatic carbocycles. The van der Waals surface area contributed by atoms with Gasteiger partial charge in [0.2, 0.25) is 0 Å². The van der Waals surface area contributed by atoms with Crippen molar-refractivity contribution in [3.63, 3.8) is 0 Å². The van der Waals surface area contributed by atoms with Crippen LogP contribution in [0, 0.1) is 0 Å². The molecule has 0 saturated heterocycles. The zero-order valence-electron chi connectivity index (χ0n) is 15.1. The van der Waals surface area contributed by atoms with Gasteiger partial charge in [0.25, 0.3) is 0 Å². The molecule has 0 aliphatic carbocycles. The fraction of sp³-hybridized carbons (Fsp3) is 0.714. The molecule has 0 nitrogen and oxygen atoms in total. The van der Waals surface area contributed by atoms with Crippen molar-refractivity contribution in [3.8, 4) is 0 Å². The third-order valence-corrected chi connectivity index (χ3v) is 4.60. The average Bonchev–Trinajstić information content (AvgIpc) is 2.55. The minimum atomic E-state index is -4.07. The molecule has 0 spiro atoms. The molecule has 0 aliphatic heterocycles. The van der Waals surface area contributed by atoms with Crippen LogP contribution in [0.5, 0.6) is 0 Å². The minimum absolute atomic E-state index is 0.109. The van der Waals surface area contributed by atoms with Crippen molar-refractivity contribution in [1.29, 1.82) is 0 Å². The highest BCUT2D eigenvalue weighted by atomic mass is 19.4. The van der Waals surface area contributed by atoms with Crippen LogP contribution in [0.1, 0.15) is 88.7 Å². The van der Waals surface area contributed by atoms with Gasteiger partial charge in [0.05, 0.1) is 0 Å². The lowest BCUT2D eigenvalue weighted by Gasteiger charge is -2.11. The number of aryl methyl sites for hydroxylation is 2. The molecule has 0 aliphatic rings. The normalized spacial score (nSPS) is 11.8. The molecule has 0 aromatic heterocycles. The van der Waals surface area contributed by atoms with E-state index in [1.807, 2.05) is 24.3 Å². The predicted octanol–water partition coefficient (Wildman–Crippen LogP) is 7.64. The lowest BCUT2D eigenvalue weighted by atomic mass is 9.97. The van der Waals surface area contributed by atoms with Gasteiger partial charge in [0, 0.05) is 6.42 Å². The summed E-state index contributed by atoms with van der Waals surface area (Å²) < 4.78 is 37.2. The standard InChI is InChI=1S/C21H33F3/c1-2-3-4-5-6-7-8-9-10-11-14-19-15-12-13-16-20(19)17-18-21(22,23)24/h12-13,15-16H,2-11,14,17-18H2,1H3. The van der Waals surface area contributed by atoms with E-state index >= 15 is 0 Å². The second-order valence-electron chi connectivity index (χ2n) is 6.82. The topological polar surface area (TPSA) is 0 Å². The Balaban J connectivity index is 2.14. The van der Waals surface area contributed by atoms with Gasteiger partial charge < -0.3 is 0 Å². The second-order valence-corrected chi connectivity index (χ2v) is 6.82. The quantitative estimate of drug-likeness (QED) is 0.323. The van der Waals surface area contributed by atoms with Gasteiger partial charge in [-0.15, -0.1) is 0 Å². The number of halogens is 3. The maximum absolute atomic E-state index is 12.4. The molecule has 0 amide bonds. The van der Waals surface area contributed by atoms with E-state index in [0.717, 1.165) is 24.0 Å². The molecule has 1 rings (SSSR count). The van der Waals surface area contributed by atoms with Crippen molar-refractivity contribution in [2.45, 2.75) is 96.6 Å². The summed E-state index contributed by atoms with van der Waals surface area (Å²) in [7, 11) is 0. The monoisotopic (exact) mass is 342 g/mol. The Bertz CT molecular complexity index is 423. The van der Waals surface area contributed by atoms with E-state index in [1.165, 1.54) is 57.8 Å². The van der Waals surface area contributed by atoms with Crippen molar-refractivity contribution in [1.82, 2.24) is 0 Å². The Morgan fingerprint density at radius 1 is 0.667 bits per heavy atom. The van der Waals surface area contributed by atoms with Crippen LogP contribution in [0.25, 0.3) is 0 Å². The van der Waals surface area contributed by atoms with Crippen LogP contribution in [0.15, 0.2) is 24.3 Å². The molecule has 138 valence electrons. The molecular formula is C21H33F3. The van der Waals surface area contributed by atoms with Crippen molar-refractivity contribution in [2.24, 2.45) is 0 Å². The summed E-state index contributed by atoms with van der Waals surface area (Å²) >= 11 is 0. The summed E-state index contributed by atoms with van der Waals surface area (Å²) in [6.45, 7) is 2.24. The summed E-state index contributed by atoms with van der Waals surface area (Å²) in [5.74, 6) is 0. The molecule has 0 heterocycles. The summed E-state index contributed by atoms with van der Waals surface area (Å²) in [5, 5.41) is 0. The van der Waals surface area contributed by atoms with E-state index in [1.54, 1.807) is 0 Å². The van der Waals surface area contributed by atoms with Gasteiger partial charge in [-0.1, -0.05) is 89.0 Å². The fourth-order valence-electron chi connectivity index (χ4n) is 3.12. The molecule has 0 fully saturated rings. The molecule has 0 saturated carbocycles.